The van der Waals surface area contributed by atoms with Crippen molar-refractivity contribution in [2.75, 3.05) is 26.3 Å². The summed E-state index contributed by atoms with van der Waals surface area (Å²) in [6.07, 6.45) is -4.59. The molecule has 0 radical (unpaired) electrons. The quantitative estimate of drug-likeness (QED) is 0.101. The van der Waals surface area contributed by atoms with E-state index in [0.717, 1.165) is 34.6 Å². The maximum atomic E-state index is 11.4. The number of benzene rings is 1. The number of hydrogen-bond donors (Lipinski definition) is 7. The lowest BCUT2D eigenvalue weighted by Gasteiger charge is -2.25. The Bertz CT molecular complexity index is 1180. The van der Waals surface area contributed by atoms with Crippen LogP contribution in [0, 0.1) is 12.3 Å². The van der Waals surface area contributed by atoms with Crippen LogP contribution in [-0.4, -0.2) is 93.2 Å². The van der Waals surface area contributed by atoms with Crippen molar-refractivity contribution in [3.63, 3.8) is 0 Å². The third kappa shape index (κ3) is 7.58. The van der Waals surface area contributed by atoms with Crippen molar-refractivity contribution in [3.8, 4) is 11.6 Å². The Kier molecular flexibility index (Phi) is 10.7. The first-order chi connectivity index (χ1) is 18.9. The number of hydrogen-bond acceptors (Lipinski definition) is 9. The van der Waals surface area contributed by atoms with Gasteiger partial charge in [-0.3, -0.25) is 14.6 Å². The number of nitrogens with one attached hydrogen (secondary N) is 2. The number of rotatable bonds is 13. The van der Waals surface area contributed by atoms with Crippen molar-refractivity contribution in [2.45, 2.75) is 77.8 Å². The van der Waals surface area contributed by atoms with Gasteiger partial charge >= 0.3 is 11.8 Å². The number of amides is 1. The van der Waals surface area contributed by atoms with Gasteiger partial charge in [-0.2, -0.15) is 0 Å². The number of nitrogens with zero attached hydrogens (tertiary/aromatic N) is 1. The SMILES string of the molecule is Cc1cc(OCCCNCC(C)(C)C(N)=O)ccc1Cc1c(OC2=[O+][C@H](CO)[C@@H](O)C(O)[C@H]2O)n[nH]c1C(C)C. The number of ether oxygens (including phenoxy) is 2. The summed E-state index contributed by atoms with van der Waals surface area (Å²) >= 11 is 0. The van der Waals surface area contributed by atoms with Gasteiger partial charge in [-0.1, -0.05) is 19.9 Å². The maximum absolute atomic E-state index is 11.4. The third-order valence-electron chi connectivity index (χ3n) is 7.06. The maximum Gasteiger partial charge on any atom is 0.526 e. The number of aromatic amines is 1. The van der Waals surface area contributed by atoms with E-state index in [1.807, 2.05) is 39.0 Å². The summed E-state index contributed by atoms with van der Waals surface area (Å²) < 4.78 is 17.1. The number of primary amides is 1. The Morgan fingerprint density at radius 3 is 2.60 bits per heavy atom. The highest BCUT2D eigenvalue weighted by Crippen LogP contribution is 2.30. The summed E-state index contributed by atoms with van der Waals surface area (Å²) in [6, 6.07) is 5.83. The summed E-state index contributed by atoms with van der Waals surface area (Å²) in [5.74, 6) is 0.319. The Morgan fingerprint density at radius 1 is 1.25 bits per heavy atom. The Morgan fingerprint density at radius 2 is 1.98 bits per heavy atom. The van der Waals surface area contributed by atoms with Crippen LogP contribution >= 0.6 is 0 Å². The molecule has 3 rings (SSSR count). The zero-order chi connectivity index (χ0) is 29.6. The van der Waals surface area contributed by atoms with Gasteiger partial charge in [0.25, 0.3) is 0 Å². The number of H-pyrrole nitrogens is 1. The molecule has 0 saturated carbocycles. The lowest BCUT2D eigenvalue weighted by Crippen LogP contribution is -2.56. The normalized spacial score (nSPS) is 21.4. The molecule has 1 amide bonds. The zero-order valence-electron chi connectivity index (χ0n) is 23.8. The molecule has 0 saturated heterocycles. The van der Waals surface area contributed by atoms with Gasteiger partial charge in [-0.05, 0) is 62.9 Å². The fourth-order valence-electron chi connectivity index (χ4n) is 4.28. The number of aliphatic hydroxyl groups excluding tert-OH is 4. The Labute approximate surface area is 234 Å². The third-order valence-corrected chi connectivity index (χ3v) is 7.06. The second-order valence-electron chi connectivity index (χ2n) is 11.2. The highest BCUT2D eigenvalue weighted by molar-refractivity contribution is 5.80. The first kappa shape index (κ1) is 31.5. The second-order valence-corrected chi connectivity index (χ2v) is 11.2. The first-order valence-corrected chi connectivity index (χ1v) is 13.5. The smallest absolute Gasteiger partial charge is 0.494 e. The summed E-state index contributed by atoms with van der Waals surface area (Å²) in [4.78, 5) is 11.4. The molecule has 0 fully saturated rings. The minimum Gasteiger partial charge on any atom is -0.494 e. The minimum absolute atomic E-state index is 0.0877. The van der Waals surface area contributed by atoms with Crippen LogP contribution in [0.4, 0.5) is 0 Å². The average Bonchev–Trinajstić information content (AvgIpc) is 3.30. The van der Waals surface area contributed by atoms with Crippen molar-refractivity contribution in [3.05, 3.63) is 40.6 Å². The topological polar surface area (TPSA) is 194 Å². The molecule has 8 N–H and O–H groups in total. The highest BCUT2D eigenvalue weighted by Gasteiger charge is 2.49. The summed E-state index contributed by atoms with van der Waals surface area (Å²) in [5, 5.41) is 50.5. The first-order valence-electron chi connectivity index (χ1n) is 13.5. The number of esters is 1. The van der Waals surface area contributed by atoms with Gasteiger partial charge in [0.05, 0.1) is 17.6 Å². The molecule has 1 aliphatic heterocycles. The van der Waals surface area contributed by atoms with Crippen molar-refractivity contribution in [1.29, 1.82) is 0 Å². The van der Waals surface area contributed by atoms with Crippen molar-refractivity contribution in [1.82, 2.24) is 15.5 Å². The van der Waals surface area contributed by atoms with Gasteiger partial charge in [0.2, 0.25) is 18.1 Å². The Hall–Kier alpha value is -3.03. The average molecular weight is 564 g/mol. The summed E-state index contributed by atoms with van der Waals surface area (Å²) in [7, 11) is 0. The largest absolute Gasteiger partial charge is 0.526 e. The number of aryl methyl sites for hydroxylation is 1. The number of carbonyl (C=O) groups is 1. The number of aromatic nitrogens is 2. The molecular weight excluding hydrogens is 520 g/mol. The van der Waals surface area contributed by atoms with Crippen LogP contribution in [0.1, 0.15) is 62.4 Å². The van der Waals surface area contributed by atoms with E-state index in [0.29, 0.717) is 26.1 Å². The van der Waals surface area contributed by atoms with E-state index in [-0.39, 0.29) is 23.7 Å². The lowest BCUT2D eigenvalue weighted by molar-refractivity contribution is -0.542. The highest BCUT2D eigenvalue weighted by atomic mass is 16.6. The molecule has 12 nitrogen and oxygen atoms in total. The molecule has 40 heavy (non-hydrogen) atoms. The van der Waals surface area contributed by atoms with Crippen LogP contribution in [0.25, 0.3) is 0 Å². The van der Waals surface area contributed by atoms with E-state index in [1.54, 1.807) is 13.8 Å². The van der Waals surface area contributed by atoms with Crippen molar-refractivity contribution < 1.29 is 39.1 Å². The van der Waals surface area contributed by atoms with E-state index in [9.17, 15) is 25.2 Å². The number of aliphatic hydroxyl groups is 4. The number of nitrogens with two attached hydrogens (primary N) is 1. The fourth-order valence-corrected chi connectivity index (χ4v) is 4.28. The van der Waals surface area contributed by atoms with Crippen molar-refractivity contribution >= 4 is 11.9 Å². The predicted molar refractivity (Wildman–Crippen MR) is 147 cm³/mol. The zero-order valence-corrected chi connectivity index (χ0v) is 23.8. The van der Waals surface area contributed by atoms with E-state index < -0.39 is 36.4 Å². The summed E-state index contributed by atoms with van der Waals surface area (Å²) in [5.41, 5.74) is 8.40. The fraction of sp³-hybridized carbons (Fsp3) is 0.607. The van der Waals surface area contributed by atoms with Crippen LogP contribution in [0.5, 0.6) is 11.6 Å². The molecule has 12 heteroatoms. The van der Waals surface area contributed by atoms with Gasteiger partial charge in [0, 0.05) is 18.7 Å². The molecule has 222 valence electrons. The van der Waals surface area contributed by atoms with E-state index in [1.165, 1.54) is 0 Å². The van der Waals surface area contributed by atoms with Crippen molar-refractivity contribution in [2.24, 2.45) is 11.1 Å². The molecule has 1 aliphatic rings. The van der Waals surface area contributed by atoms with Crippen LogP contribution in [0.2, 0.25) is 0 Å². The second kappa shape index (κ2) is 13.6. The van der Waals surface area contributed by atoms with Crippen LogP contribution in [-0.2, 0) is 15.6 Å². The molecule has 2 heterocycles. The number of carbonyl (C=O) groups excluding carboxylic acids is 2. The van der Waals surface area contributed by atoms with Gasteiger partial charge in [0.15, 0.2) is 0 Å². The van der Waals surface area contributed by atoms with Crippen LogP contribution < -0.4 is 20.5 Å². The van der Waals surface area contributed by atoms with Gasteiger partial charge in [0.1, 0.15) is 24.6 Å². The van der Waals surface area contributed by atoms with E-state index in [4.69, 9.17) is 19.6 Å². The van der Waals surface area contributed by atoms with Crippen LogP contribution in [0.3, 0.4) is 0 Å². The Balaban J connectivity index is 1.67. The molecule has 4 atom stereocenters. The van der Waals surface area contributed by atoms with Crippen LogP contribution in [0.15, 0.2) is 18.2 Å². The molecule has 1 aromatic heterocycles. The van der Waals surface area contributed by atoms with Gasteiger partial charge in [-0.15, -0.1) is 5.10 Å². The lowest BCUT2D eigenvalue weighted by atomic mass is 9.93. The molecule has 1 aromatic carbocycles. The molecular formula is C28H43N4O8+. The molecule has 0 bridgehead atoms. The molecule has 2 aromatic rings. The predicted octanol–water partition coefficient (Wildman–Crippen LogP) is 0.201. The monoisotopic (exact) mass is 563 g/mol. The standard InChI is InChI=1S/C28H42N4O8/c1-15(2)21-19(25(32-31-21)40-26-24(36)23(35)22(34)20(13-33)39-26)12-17-7-8-18(11-16(17)3)38-10-6-9-30-14-28(4,5)27(29)37/h7-8,11,15,20,22-24,30,33-36H,6,9-10,12-14H2,1-5H3,(H2-,29,31,32,37)/p+1/t20-,22-,23?,24-/m1/s1. The van der Waals surface area contributed by atoms with E-state index >= 15 is 0 Å². The van der Waals surface area contributed by atoms with Gasteiger partial charge < -0.3 is 40.6 Å². The minimum atomic E-state index is -1.62. The molecule has 0 aliphatic carbocycles. The van der Waals surface area contributed by atoms with E-state index in [2.05, 4.69) is 15.5 Å². The molecule has 0 spiro atoms. The van der Waals surface area contributed by atoms with Gasteiger partial charge in [-0.25, -0.2) is 0 Å². The summed E-state index contributed by atoms with van der Waals surface area (Å²) in [6.45, 7) is 10.8. The molecule has 1 unspecified atom stereocenters.